The normalized spacial score (nSPS) is 12.9. The molecule has 19 heavy (non-hydrogen) atoms. The van der Waals surface area contributed by atoms with Crippen LogP contribution in [0.5, 0.6) is 5.75 Å². The quantitative estimate of drug-likeness (QED) is 0.767. The van der Waals surface area contributed by atoms with Crippen molar-refractivity contribution >= 4 is 16.0 Å². The standard InChI is InChI=1S/C12H17NO5S/c1-9(12(14)15)19(16,17)13-8-7-10-3-5-11(18-2)6-4-10/h3-6,9,13H,7-8H2,1-2H3,(H,14,15). The fourth-order valence-electron chi connectivity index (χ4n) is 1.39. The lowest BCUT2D eigenvalue weighted by molar-refractivity contribution is -0.136. The molecule has 106 valence electrons. The van der Waals surface area contributed by atoms with Crippen molar-refractivity contribution in [3.05, 3.63) is 29.8 Å². The van der Waals surface area contributed by atoms with Crippen LogP contribution in [-0.4, -0.2) is 38.4 Å². The van der Waals surface area contributed by atoms with Crippen molar-refractivity contribution in [2.45, 2.75) is 18.6 Å². The maximum absolute atomic E-state index is 11.6. The highest BCUT2D eigenvalue weighted by Gasteiger charge is 2.26. The Kier molecular flexibility index (Phi) is 5.31. The first-order chi connectivity index (χ1) is 8.86. The molecule has 1 aromatic carbocycles. The van der Waals surface area contributed by atoms with E-state index in [1.807, 2.05) is 12.1 Å². The average Bonchev–Trinajstić information content (AvgIpc) is 2.38. The summed E-state index contributed by atoms with van der Waals surface area (Å²) >= 11 is 0. The number of benzene rings is 1. The highest BCUT2D eigenvalue weighted by Crippen LogP contribution is 2.11. The van der Waals surface area contributed by atoms with Crippen molar-refractivity contribution in [2.24, 2.45) is 0 Å². The van der Waals surface area contributed by atoms with Crippen molar-refractivity contribution in [1.82, 2.24) is 4.72 Å². The number of rotatable bonds is 7. The van der Waals surface area contributed by atoms with Gasteiger partial charge >= 0.3 is 5.97 Å². The average molecular weight is 287 g/mol. The van der Waals surface area contributed by atoms with E-state index in [0.717, 1.165) is 18.2 Å². The molecule has 0 bridgehead atoms. The zero-order valence-electron chi connectivity index (χ0n) is 10.8. The van der Waals surface area contributed by atoms with Crippen LogP contribution in [0.4, 0.5) is 0 Å². The van der Waals surface area contributed by atoms with Crippen LogP contribution in [0.1, 0.15) is 12.5 Å². The summed E-state index contributed by atoms with van der Waals surface area (Å²) in [7, 11) is -2.25. The van der Waals surface area contributed by atoms with E-state index in [2.05, 4.69) is 4.72 Å². The molecule has 0 saturated carbocycles. The molecule has 0 radical (unpaired) electrons. The van der Waals surface area contributed by atoms with Crippen molar-refractivity contribution in [3.8, 4) is 5.75 Å². The van der Waals surface area contributed by atoms with Gasteiger partial charge in [-0.1, -0.05) is 12.1 Å². The van der Waals surface area contributed by atoms with E-state index in [-0.39, 0.29) is 6.54 Å². The second-order valence-corrected chi connectivity index (χ2v) is 6.10. The first kappa shape index (κ1) is 15.5. The van der Waals surface area contributed by atoms with E-state index in [0.29, 0.717) is 6.42 Å². The fraction of sp³-hybridized carbons (Fsp3) is 0.417. The summed E-state index contributed by atoms with van der Waals surface area (Å²) in [5.74, 6) is -0.638. The molecule has 7 heteroatoms. The third kappa shape index (κ3) is 4.53. The number of aliphatic carboxylic acids is 1. The van der Waals surface area contributed by atoms with Crippen LogP contribution in [0, 0.1) is 0 Å². The lowest BCUT2D eigenvalue weighted by Gasteiger charge is -2.10. The van der Waals surface area contributed by atoms with Crippen molar-refractivity contribution in [1.29, 1.82) is 0 Å². The molecule has 0 aliphatic carbocycles. The van der Waals surface area contributed by atoms with Crippen molar-refractivity contribution in [3.63, 3.8) is 0 Å². The van der Waals surface area contributed by atoms with Crippen LogP contribution in [-0.2, 0) is 21.2 Å². The highest BCUT2D eigenvalue weighted by atomic mass is 32.2. The molecule has 1 atom stereocenters. The number of hydrogen-bond acceptors (Lipinski definition) is 4. The van der Waals surface area contributed by atoms with Crippen molar-refractivity contribution in [2.75, 3.05) is 13.7 Å². The van der Waals surface area contributed by atoms with Gasteiger partial charge in [-0.25, -0.2) is 13.1 Å². The third-order valence-corrected chi connectivity index (χ3v) is 4.43. The minimum absolute atomic E-state index is 0.159. The van der Waals surface area contributed by atoms with Crippen LogP contribution in [0.15, 0.2) is 24.3 Å². The molecule has 0 aliphatic rings. The Balaban J connectivity index is 2.51. The molecule has 0 fully saturated rings. The minimum Gasteiger partial charge on any atom is -0.497 e. The number of methoxy groups -OCH3 is 1. The Hall–Kier alpha value is -1.60. The third-order valence-electron chi connectivity index (χ3n) is 2.69. The minimum atomic E-state index is -3.82. The van der Waals surface area contributed by atoms with E-state index < -0.39 is 21.2 Å². The van der Waals surface area contributed by atoms with Gasteiger partial charge in [0.1, 0.15) is 5.75 Å². The molecule has 0 aliphatic heterocycles. The summed E-state index contributed by atoms with van der Waals surface area (Å²) < 4.78 is 30.4. The van der Waals surface area contributed by atoms with Gasteiger partial charge in [0.05, 0.1) is 7.11 Å². The van der Waals surface area contributed by atoms with Crippen LogP contribution in [0.2, 0.25) is 0 Å². The first-order valence-electron chi connectivity index (χ1n) is 5.71. The second-order valence-electron chi connectivity index (χ2n) is 4.02. The number of carboxylic acids is 1. The molecule has 1 aromatic rings. The van der Waals surface area contributed by atoms with Gasteiger partial charge in [0.25, 0.3) is 0 Å². The Labute approximate surface area is 112 Å². The van der Waals surface area contributed by atoms with Gasteiger partial charge in [0.15, 0.2) is 5.25 Å². The summed E-state index contributed by atoms with van der Waals surface area (Å²) in [4.78, 5) is 10.6. The maximum Gasteiger partial charge on any atom is 0.323 e. The first-order valence-corrected chi connectivity index (χ1v) is 7.25. The number of hydrogen-bond donors (Lipinski definition) is 2. The predicted octanol–water partition coefficient (Wildman–Crippen LogP) is 0.630. The van der Waals surface area contributed by atoms with Gasteiger partial charge < -0.3 is 9.84 Å². The summed E-state index contributed by atoms with van der Waals surface area (Å²) in [5, 5.41) is 7.20. The number of sulfonamides is 1. The molecule has 0 heterocycles. The Morgan fingerprint density at radius 2 is 1.95 bits per heavy atom. The number of ether oxygens (including phenoxy) is 1. The van der Waals surface area contributed by atoms with E-state index in [1.54, 1.807) is 19.2 Å². The van der Waals surface area contributed by atoms with Crippen LogP contribution < -0.4 is 9.46 Å². The molecule has 0 amide bonds. The molecular formula is C12H17NO5S. The second kappa shape index (κ2) is 6.53. The number of carboxylic acid groups (broad SMARTS) is 1. The fourth-order valence-corrected chi connectivity index (χ4v) is 2.29. The van der Waals surface area contributed by atoms with E-state index >= 15 is 0 Å². The van der Waals surface area contributed by atoms with E-state index in [9.17, 15) is 13.2 Å². The zero-order chi connectivity index (χ0) is 14.5. The van der Waals surface area contributed by atoms with Crippen LogP contribution in [0.3, 0.4) is 0 Å². The molecule has 0 saturated heterocycles. The molecular weight excluding hydrogens is 270 g/mol. The molecule has 2 N–H and O–H groups in total. The van der Waals surface area contributed by atoms with Gasteiger partial charge in [-0.2, -0.15) is 0 Å². The lowest BCUT2D eigenvalue weighted by atomic mass is 10.1. The van der Waals surface area contributed by atoms with E-state index in [1.165, 1.54) is 0 Å². The number of carbonyl (C=O) groups is 1. The highest BCUT2D eigenvalue weighted by molar-refractivity contribution is 7.90. The maximum atomic E-state index is 11.6. The predicted molar refractivity (Wildman–Crippen MR) is 70.7 cm³/mol. The van der Waals surface area contributed by atoms with Gasteiger partial charge in [-0.15, -0.1) is 0 Å². The molecule has 0 aromatic heterocycles. The SMILES string of the molecule is COc1ccc(CCNS(=O)(=O)C(C)C(=O)O)cc1. The largest absolute Gasteiger partial charge is 0.497 e. The van der Waals surface area contributed by atoms with Gasteiger partial charge in [-0.05, 0) is 31.0 Å². The lowest BCUT2D eigenvalue weighted by Crippen LogP contribution is -2.38. The van der Waals surface area contributed by atoms with E-state index in [4.69, 9.17) is 9.84 Å². The van der Waals surface area contributed by atoms with Gasteiger partial charge in [0.2, 0.25) is 10.0 Å². The summed E-state index contributed by atoms with van der Waals surface area (Å²) in [6.07, 6.45) is 0.482. The summed E-state index contributed by atoms with van der Waals surface area (Å²) in [5.41, 5.74) is 0.937. The van der Waals surface area contributed by atoms with Crippen molar-refractivity contribution < 1.29 is 23.1 Å². The Morgan fingerprint density at radius 3 is 2.42 bits per heavy atom. The summed E-state index contributed by atoms with van der Waals surface area (Å²) in [6, 6.07) is 7.22. The topological polar surface area (TPSA) is 92.7 Å². The van der Waals surface area contributed by atoms with Gasteiger partial charge in [0, 0.05) is 6.54 Å². The molecule has 0 spiro atoms. The smallest absolute Gasteiger partial charge is 0.323 e. The number of nitrogens with one attached hydrogen (secondary N) is 1. The van der Waals surface area contributed by atoms with Crippen LogP contribution >= 0.6 is 0 Å². The molecule has 6 nitrogen and oxygen atoms in total. The Morgan fingerprint density at radius 1 is 1.37 bits per heavy atom. The molecule has 1 rings (SSSR count). The van der Waals surface area contributed by atoms with Crippen LogP contribution in [0.25, 0.3) is 0 Å². The Bertz CT molecular complexity index is 524. The van der Waals surface area contributed by atoms with Gasteiger partial charge in [-0.3, -0.25) is 4.79 Å². The monoisotopic (exact) mass is 287 g/mol. The zero-order valence-corrected chi connectivity index (χ0v) is 11.6. The summed E-state index contributed by atoms with van der Waals surface area (Å²) in [6.45, 7) is 1.30. The molecule has 1 unspecified atom stereocenters.